The Hall–Kier alpha value is -1.65. The quantitative estimate of drug-likeness (QED) is 0.746. The van der Waals surface area contributed by atoms with Crippen molar-refractivity contribution in [2.75, 3.05) is 0 Å². The van der Waals surface area contributed by atoms with Gasteiger partial charge in [-0.2, -0.15) is 0 Å². The first-order valence-electron chi connectivity index (χ1n) is 5.12. The molecular weight excluding hydrogens is 250 g/mol. The maximum atomic E-state index is 9.85. The van der Waals surface area contributed by atoms with Crippen LogP contribution in [0.3, 0.4) is 0 Å². The molecule has 0 amide bonds. The third-order valence-electron chi connectivity index (χ3n) is 2.40. The smallest absolute Gasteiger partial charge is 0.142 e. The van der Waals surface area contributed by atoms with Crippen molar-refractivity contribution < 1.29 is 5.11 Å². The number of aromatic hydroxyl groups is 1. The molecule has 3 aromatic heterocycles. The van der Waals surface area contributed by atoms with Crippen molar-refractivity contribution in [3.63, 3.8) is 0 Å². The fraction of sp³-hybridized carbons (Fsp3) is 0. The van der Waals surface area contributed by atoms with Gasteiger partial charge in [0.05, 0.1) is 15.4 Å². The lowest BCUT2D eigenvalue weighted by molar-refractivity contribution is 0.475. The van der Waals surface area contributed by atoms with Crippen molar-refractivity contribution in [3.05, 3.63) is 47.2 Å². The predicted octanol–water partition coefficient (Wildman–Crippen LogP) is 4.24. The zero-order valence-electron chi connectivity index (χ0n) is 8.83. The Morgan fingerprint density at radius 1 is 0.882 bits per heavy atom. The maximum absolute atomic E-state index is 9.85. The molecule has 17 heavy (non-hydrogen) atoms. The van der Waals surface area contributed by atoms with E-state index in [1.165, 1.54) is 0 Å². The van der Waals surface area contributed by atoms with Crippen LogP contribution in [0, 0.1) is 0 Å². The van der Waals surface area contributed by atoms with E-state index in [2.05, 4.69) is 4.98 Å². The SMILES string of the molecule is Oc1ccc(-c2cccs2)nc1-c1cccs1. The second-order valence-corrected chi connectivity index (χ2v) is 5.41. The van der Waals surface area contributed by atoms with Gasteiger partial charge >= 0.3 is 0 Å². The van der Waals surface area contributed by atoms with Crippen LogP contribution in [-0.4, -0.2) is 10.1 Å². The van der Waals surface area contributed by atoms with Gasteiger partial charge in [0.2, 0.25) is 0 Å². The fourth-order valence-corrected chi connectivity index (χ4v) is 3.03. The highest BCUT2D eigenvalue weighted by molar-refractivity contribution is 7.13. The molecule has 84 valence electrons. The van der Waals surface area contributed by atoms with Crippen LogP contribution in [0.4, 0.5) is 0 Å². The van der Waals surface area contributed by atoms with E-state index < -0.39 is 0 Å². The Balaban J connectivity index is 2.13. The molecule has 0 aliphatic carbocycles. The van der Waals surface area contributed by atoms with E-state index in [1.807, 2.05) is 41.1 Å². The molecule has 3 rings (SSSR count). The molecule has 0 saturated heterocycles. The molecule has 0 fully saturated rings. The van der Waals surface area contributed by atoms with Crippen LogP contribution in [0.5, 0.6) is 5.75 Å². The lowest BCUT2D eigenvalue weighted by atomic mass is 10.2. The summed E-state index contributed by atoms with van der Waals surface area (Å²) in [6.45, 7) is 0. The van der Waals surface area contributed by atoms with Gasteiger partial charge in [0, 0.05) is 0 Å². The first kappa shape index (κ1) is 10.5. The van der Waals surface area contributed by atoms with Gasteiger partial charge in [0.1, 0.15) is 11.4 Å². The number of nitrogens with zero attached hydrogens (tertiary/aromatic N) is 1. The molecule has 0 atom stereocenters. The van der Waals surface area contributed by atoms with Crippen LogP contribution in [0.25, 0.3) is 21.1 Å². The Kier molecular flexibility index (Phi) is 2.66. The van der Waals surface area contributed by atoms with Crippen molar-refractivity contribution in [1.29, 1.82) is 0 Å². The van der Waals surface area contributed by atoms with Crippen molar-refractivity contribution >= 4 is 22.7 Å². The second-order valence-electron chi connectivity index (χ2n) is 3.52. The number of rotatable bonds is 2. The average molecular weight is 259 g/mol. The third-order valence-corrected chi connectivity index (χ3v) is 4.17. The van der Waals surface area contributed by atoms with E-state index in [1.54, 1.807) is 28.7 Å². The summed E-state index contributed by atoms with van der Waals surface area (Å²) in [5.41, 5.74) is 1.56. The second kappa shape index (κ2) is 4.31. The summed E-state index contributed by atoms with van der Waals surface area (Å²) < 4.78 is 0. The Bertz CT molecular complexity index is 615. The molecule has 3 aromatic rings. The van der Waals surface area contributed by atoms with Gasteiger partial charge in [-0.1, -0.05) is 12.1 Å². The highest BCUT2D eigenvalue weighted by Crippen LogP contribution is 2.33. The lowest BCUT2D eigenvalue weighted by Crippen LogP contribution is -1.85. The average Bonchev–Trinajstić information content (AvgIpc) is 3.03. The van der Waals surface area contributed by atoms with Gasteiger partial charge in [-0.25, -0.2) is 4.98 Å². The van der Waals surface area contributed by atoms with Crippen LogP contribution < -0.4 is 0 Å². The first-order chi connectivity index (χ1) is 8.34. The summed E-state index contributed by atoms with van der Waals surface area (Å²) in [6.07, 6.45) is 0. The van der Waals surface area contributed by atoms with Crippen LogP contribution >= 0.6 is 22.7 Å². The third kappa shape index (κ3) is 1.97. The zero-order valence-corrected chi connectivity index (χ0v) is 10.5. The number of thiophene rings is 2. The normalized spacial score (nSPS) is 10.6. The Labute approximate surface area is 107 Å². The van der Waals surface area contributed by atoms with E-state index in [4.69, 9.17) is 0 Å². The summed E-state index contributed by atoms with van der Waals surface area (Å²) in [5.74, 6) is 0.229. The summed E-state index contributed by atoms with van der Waals surface area (Å²) in [4.78, 5) is 6.63. The Morgan fingerprint density at radius 2 is 1.59 bits per heavy atom. The van der Waals surface area contributed by atoms with Crippen LogP contribution in [-0.2, 0) is 0 Å². The molecule has 0 aliphatic heterocycles. The molecule has 0 radical (unpaired) electrons. The van der Waals surface area contributed by atoms with Gasteiger partial charge in [0.15, 0.2) is 0 Å². The molecule has 0 unspecified atom stereocenters. The standard InChI is InChI=1S/C13H9NOS2/c15-10-6-5-9(11-3-1-7-16-11)14-13(10)12-4-2-8-17-12/h1-8,15H. The van der Waals surface area contributed by atoms with Gasteiger partial charge in [-0.3, -0.25) is 0 Å². The van der Waals surface area contributed by atoms with Gasteiger partial charge < -0.3 is 5.11 Å². The summed E-state index contributed by atoms with van der Waals surface area (Å²) in [7, 11) is 0. The van der Waals surface area contributed by atoms with E-state index in [9.17, 15) is 5.11 Å². The topological polar surface area (TPSA) is 33.1 Å². The number of aromatic nitrogens is 1. The number of pyridine rings is 1. The van der Waals surface area contributed by atoms with E-state index in [0.717, 1.165) is 15.4 Å². The molecule has 0 saturated carbocycles. The number of hydrogen-bond acceptors (Lipinski definition) is 4. The largest absolute Gasteiger partial charge is 0.506 e. The van der Waals surface area contributed by atoms with E-state index >= 15 is 0 Å². The minimum atomic E-state index is 0.229. The van der Waals surface area contributed by atoms with E-state index in [0.29, 0.717) is 5.69 Å². The van der Waals surface area contributed by atoms with Crippen molar-refractivity contribution in [2.45, 2.75) is 0 Å². The van der Waals surface area contributed by atoms with Gasteiger partial charge in [0.25, 0.3) is 0 Å². The molecule has 3 heterocycles. The summed E-state index contributed by atoms with van der Waals surface area (Å²) in [5, 5.41) is 13.9. The van der Waals surface area contributed by atoms with Crippen LogP contribution in [0.15, 0.2) is 47.2 Å². The van der Waals surface area contributed by atoms with Gasteiger partial charge in [-0.05, 0) is 35.0 Å². The van der Waals surface area contributed by atoms with E-state index in [-0.39, 0.29) is 5.75 Å². The minimum Gasteiger partial charge on any atom is -0.506 e. The molecule has 4 heteroatoms. The van der Waals surface area contributed by atoms with Crippen molar-refractivity contribution in [2.24, 2.45) is 0 Å². The van der Waals surface area contributed by atoms with Crippen LogP contribution in [0.2, 0.25) is 0 Å². The lowest BCUT2D eigenvalue weighted by Gasteiger charge is -2.03. The van der Waals surface area contributed by atoms with Gasteiger partial charge in [-0.15, -0.1) is 22.7 Å². The fourth-order valence-electron chi connectivity index (χ4n) is 1.61. The molecule has 0 bridgehead atoms. The maximum Gasteiger partial charge on any atom is 0.142 e. The zero-order chi connectivity index (χ0) is 11.7. The molecule has 0 aromatic carbocycles. The molecular formula is C13H9NOS2. The highest BCUT2D eigenvalue weighted by atomic mass is 32.1. The highest BCUT2D eigenvalue weighted by Gasteiger charge is 2.09. The molecule has 0 aliphatic rings. The summed E-state index contributed by atoms with van der Waals surface area (Å²) >= 11 is 3.22. The first-order valence-corrected chi connectivity index (χ1v) is 6.88. The minimum absolute atomic E-state index is 0.229. The predicted molar refractivity (Wildman–Crippen MR) is 72.5 cm³/mol. The molecule has 1 N–H and O–H groups in total. The Morgan fingerprint density at radius 3 is 2.24 bits per heavy atom. The number of hydrogen-bond donors (Lipinski definition) is 1. The molecule has 0 spiro atoms. The van der Waals surface area contributed by atoms with Crippen LogP contribution in [0.1, 0.15) is 0 Å². The summed E-state index contributed by atoms with van der Waals surface area (Å²) in [6, 6.07) is 11.5. The monoisotopic (exact) mass is 259 g/mol. The van der Waals surface area contributed by atoms with Crippen molar-refractivity contribution in [1.82, 2.24) is 4.98 Å². The van der Waals surface area contributed by atoms with Crippen molar-refractivity contribution in [3.8, 4) is 26.9 Å². The molecule has 2 nitrogen and oxygen atoms in total.